The molecule has 0 radical (unpaired) electrons. The maximum absolute atomic E-state index is 9.46. The molecule has 1 fully saturated rings. The molecule has 1 heterocycles. The molecule has 17 heavy (non-hydrogen) atoms. The summed E-state index contributed by atoms with van der Waals surface area (Å²) in [5, 5.41) is 15.7. The molecule has 94 valence electrons. The second-order valence-electron chi connectivity index (χ2n) is 4.35. The van der Waals surface area contributed by atoms with Crippen LogP contribution >= 0.6 is 15.9 Å². The third-order valence-electron chi connectivity index (χ3n) is 3.04. The van der Waals surface area contributed by atoms with Gasteiger partial charge in [0.05, 0.1) is 10.6 Å². The topological polar surface area (TPSA) is 70.1 Å². The Morgan fingerprint density at radius 3 is 3.00 bits per heavy atom. The van der Waals surface area contributed by atoms with E-state index < -0.39 is 0 Å². The molecule has 2 atom stereocenters. The van der Waals surface area contributed by atoms with E-state index in [1.807, 2.05) is 0 Å². The van der Waals surface area contributed by atoms with Crippen molar-refractivity contribution in [2.24, 2.45) is 5.92 Å². The third kappa shape index (κ3) is 3.29. The molecule has 0 amide bonds. The van der Waals surface area contributed by atoms with Gasteiger partial charge in [0.2, 0.25) is 5.95 Å². The Kier molecular flexibility index (Phi) is 4.17. The maximum Gasteiger partial charge on any atom is 0.224 e. The molecular weight excluding hydrogens is 284 g/mol. The lowest BCUT2D eigenvalue weighted by atomic mass is 10.1. The number of anilines is 2. The molecule has 5 nitrogen and oxygen atoms in total. The summed E-state index contributed by atoms with van der Waals surface area (Å²) in [7, 11) is 1.79. The predicted octanol–water partition coefficient (Wildman–Crippen LogP) is 1.85. The largest absolute Gasteiger partial charge is 0.393 e. The Bertz CT molecular complexity index is 388. The first-order valence-electron chi connectivity index (χ1n) is 5.81. The molecule has 1 aliphatic rings. The monoisotopic (exact) mass is 300 g/mol. The number of nitrogens with zero attached hydrogens (tertiary/aromatic N) is 2. The van der Waals surface area contributed by atoms with Crippen molar-refractivity contribution in [3.63, 3.8) is 0 Å². The van der Waals surface area contributed by atoms with Crippen molar-refractivity contribution in [2.75, 3.05) is 24.2 Å². The Hall–Kier alpha value is -0.880. The minimum absolute atomic E-state index is 0.122. The highest BCUT2D eigenvalue weighted by atomic mass is 79.9. The highest BCUT2D eigenvalue weighted by molar-refractivity contribution is 9.10. The Labute approximate surface area is 109 Å². The number of hydrogen-bond acceptors (Lipinski definition) is 5. The van der Waals surface area contributed by atoms with Crippen LogP contribution in [-0.4, -0.2) is 34.8 Å². The van der Waals surface area contributed by atoms with Gasteiger partial charge in [-0.15, -0.1) is 0 Å². The number of nitrogens with one attached hydrogen (secondary N) is 2. The van der Waals surface area contributed by atoms with Gasteiger partial charge in [0.15, 0.2) is 0 Å². The lowest BCUT2D eigenvalue weighted by molar-refractivity contribution is 0.178. The average molecular weight is 301 g/mol. The Morgan fingerprint density at radius 1 is 1.53 bits per heavy atom. The first-order valence-corrected chi connectivity index (χ1v) is 6.60. The van der Waals surface area contributed by atoms with Crippen LogP contribution in [0.3, 0.4) is 0 Å². The van der Waals surface area contributed by atoms with Gasteiger partial charge in [-0.25, -0.2) is 4.98 Å². The average Bonchev–Trinajstić information content (AvgIpc) is 2.74. The molecular formula is C11H17BrN4O. The normalized spacial score (nSPS) is 23.7. The highest BCUT2D eigenvalue weighted by Gasteiger charge is 2.22. The first kappa shape index (κ1) is 12.6. The third-order valence-corrected chi connectivity index (χ3v) is 3.62. The zero-order chi connectivity index (χ0) is 12.3. The molecule has 0 bridgehead atoms. The van der Waals surface area contributed by atoms with E-state index in [-0.39, 0.29) is 6.10 Å². The summed E-state index contributed by atoms with van der Waals surface area (Å²) in [6, 6.07) is 0. The van der Waals surface area contributed by atoms with Gasteiger partial charge in [0.1, 0.15) is 5.82 Å². The number of aliphatic hydroxyl groups excluding tert-OH is 1. The van der Waals surface area contributed by atoms with Gasteiger partial charge in [-0.1, -0.05) is 0 Å². The highest BCUT2D eigenvalue weighted by Crippen LogP contribution is 2.27. The van der Waals surface area contributed by atoms with Crippen LogP contribution in [0, 0.1) is 5.92 Å². The van der Waals surface area contributed by atoms with E-state index >= 15 is 0 Å². The zero-order valence-electron chi connectivity index (χ0n) is 9.78. The second-order valence-corrected chi connectivity index (χ2v) is 5.21. The zero-order valence-corrected chi connectivity index (χ0v) is 11.4. The van der Waals surface area contributed by atoms with E-state index in [2.05, 4.69) is 36.5 Å². The molecule has 3 N–H and O–H groups in total. The van der Waals surface area contributed by atoms with E-state index in [0.717, 1.165) is 36.1 Å². The smallest absolute Gasteiger partial charge is 0.224 e. The van der Waals surface area contributed by atoms with E-state index in [0.29, 0.717) is 11.9 Å². The van der Waals surface area contributed by atoms with Gasteiger partial charge in [0, 0.05) is 19.8 Å². The molecule has 2 rings (SSSR count). The van der Waals surface area contributed by atoms with E-state index in [4.69, 9.17) is 0 Å². The van der Waals surface area contributed by atoms with Gasteiger partial charge in [0.25, 0.3) is 0 Å². The van der Waals surface area contributed by atoms with Gasteiger partial charge in [-0.2, -0.15) is 4.98 Å². The van der Waals surface area contributed by atoms with Crippen molar-refractivity contribution in [1.82, 2.24) is 9.97 Å². The molecule has 0 spiro atoms. The van der Waals surface area contributed by atoms with Crippen molar-refractivity contribution >= 4 is 27.7 Å². The van der Waals surface area contributed by atoms with Crippen LogP contribution in [-0.2, 0) is 0 Å². The minimum atomic E-state index is -0.122. The Balaban J connectivity index is 1.94. The lowest BCUT2D eigenvalue weighted by Gasteiger charge is -2.13. The van der Waals surface area contributed by atoms with E-state index in [9.17, 15) is 5.11 Å². The number of hydrogen-bond donors (Lipinski definition) is 3. The summed E-state index contributed by atoms with van der Waals surface area (Å²) in [6.45, 7) is 0.843. The number of rotatable bonds is 4. The molecule has 1 aliphatic carbocycles. The molecule has 2 unspecified atom stereocenters. The quantitative estimate of drug-likeness (QED) is 0.792. The summed E-state index contributed by atoms with van der Waals surface area (Å²) in [5.41, 5.74) is 0. The summed E-state index contributed by atoms with van der Waals surface area (Å²) in [6.07, 6.45) is 4.48. The summed E-state index contributed by atoms with van der Waals surface area (Å²) in [4.78, 5) is 8.43. The molecule has 0 aliphatic heterocycles. The van der Waals surface area contributed by atoms with E-state index in [1.165, 1.54) is 0 Å². The first-order chi connectivity index (χ1) is 8.19. The van der Waals surface area contributed by atoms with Crippen molar-refractivity contribution in [1.29, 1.82) is 0 Å². The SMILES string of the molecule is CNc1ncc(Br)c(NCC2CCC(O)C2)n1. The van der Waals surface area contributed by atoms with Crippen LogP contribution in [0.15, 0.2) is 10.7 Å². The fourth-order valence-electron chi connectivity index (χ4n) is 2.09. The molecule has 1 saturated carbocycles. The molecule has 0 aromatic carbocycles. The van der Waals surface area contributed by atoms with Crippen LogP contribution < -0.4 is 10.6 Å². The van der Waals surface area contributed by atoms with Gasteiger partial charge in [-0.05, 0) is 41.1 Å². The molecule has 1 aromatic heterocycles. The predicted molar refractivity (Wildman–Crippen MR) is 71.1 cm³/mol. The van der Waals surface area contributed by atoms with Crippen LogP contribution in [0.5, 0.6) is 0 Å². The molecule has 6 heteroatoms. The summed E-state index contributed by atoms with van der Waals surface area (Å²) in [5.74, 6) is 1.93. The number of aliphatic hydroxyl groups is 1. The minimum Gasteiger partial charge on any atom is -0.393 e. The van der Waals surface area contributed by atoms with Gasteiger partial charge >= 0.3 is 0 Å². The maximum atomic E-state index is 9.46. The van der Waals surface area contributed by atoms with Crippen molar-refractivity contribution in [3.8, 4) is 0 Å². The van der Waals surface area contributed by atoms with Crippen LogP contribution in [0.1, 0.15) is 19.3 Å². The number of aromatic nitrogens is 2. The standard InChI is InChI=1S/C11H17BrN4O/c1-13-11-15-6-9(12)10(16-11)14-5-7-2-3-8(17)4-7/h6-8,17H,2-5H2,1H3,(H2,13,14,15,16). The van der Waals surface area contributed by atoms with Crippen LogP contribution in [0.2, 0.25) is 0 Å². The second kappa shape index (κ2) is 5.64. The van der Waals surface area contributed by atoms with E-state index in [1.54, 1.807) is 13.2 Å². The van der Waals surface area contributed by atoms with Crippen molar-refractivity contribution in [3.05, 3.63) is 10.7 Å². The van der Waals surface area contributed by atoms with Gasteiger partial charge in [-0.3, -0.25) is 0 Å². The van der Waals surface area contributed by atoms with Crippen molar-refractivity contribution in [2.45, 2.75) is 25.4 Å². The molecule has 1 aromatic rings. The number of halogens is 1. The van der Waals surface area contributed by atoms with Gasteiger partial charge < -0.3 is 15.7 Å². The van der Waals surface area contributed by atoms with Crippen molar-refractivity contribution < 1.29 is 5.11 Å². The molecule has 0 saturated heterocycles. The summed E-state index contributed by atoms with van der Waals surface area (Å²) < 4.78 is 0.857. The summed E-state index contributed by atoms with van der Waals surface area (Å²) >= 11 is 3.42. The fourth-order valence-corrected chi connectivity index (χ4v) is 2.42. The Morgan fingerprint density at radius 2 is 2.35 bits per heavy atom. The van der Waals surface area contributed by atoms with Crippen LogP contribution in [0.4, 0.5) is 11.8 Å². The lowest BCUT2D eigenvalue weighted by Crippen LogP contribution is -2.14. The fraction of sp³-hybridized carbons (Fsp3) is 0.636. The van der Waals surface area contributed by atoms with Crippen LogP contribution in [0.25, 0.3) is 0 Å².